The van der Waals surface area contributed by atoms with E-state index >= 15 is 4.79 Å². The molecule has 17 nitrogen and oxygen atoms in total. The summed E-state index contributed by atoms with van der Waals surface area (Å²) < 4.78 is 24.3. The standard InChI is InChI=1S/C45H52NO16P/c1-24-29(58-39(50)25(2)33(26-15-9-6-10-16-26)46-38(49)27-17-11-7-12-18-27)22-45(53)37(60-40(51)28-19-13-8-14-20-28)35-43(5,36(48)34(47)32(24)42(45,3)4)30(21-31-44(35,52)23-57-31)59-41(61-62-54)63(55)56/h6-20,25,29-31,33-35,37,41,47,52-56H,21-23H2,1-5H3,(H,46,49)/t25-,29?,30?,31?,33?,34?,35?,37?,41?,43-,44+,45?/m1/s1. The van der Waals surface area contributed by atoms with Crippen molar-refractivity contribution in [2.75, 3.05) is 6.61 Å². The Balaban J connectivity index is 1.35. The van der Waals surface area contributed by atoms with Gasteiger partial charge in [-0.05, 0) is 61.7 Å². The highest BCUT2D eigenvalue weighted by Crippen LogP contribution is 2.64. The van der Waals surface area contributed by atoms with Crippen molar-refractivity contribution in [3.05, 3.63) is 119 Å². The number of carbonyl (C=O) groups excluding carboxylic acids is 4. The predicted octanol–water partition coefficient (Wildman–Crippen LogP) is 3.89. The number of Topliss-reactive ketones (excluding diaryl/α,β-unsaturated/α-hetero) is 1. The van der Waals surface area contributed by atoms with E-state index in [9.17, 15) is 39.5 Å². The normalized spacial score (nSPS) is 32.4. The molecule has 0 spiro atoms. The number of ketones is 1. The van der Waals surface area contributed by atoms with Crippen molar-refractivity contribution < 1.29 is 78.4 Å². The molecular formula is C45H52NO16P. The minimum atomic E-state index is -3.18. The van der Waals surface area contributed by atoms with Crippen LogP contribution in [-0.4, -0.2) is 108 Å². The van der Waals surface area contributed by atoms with Crippen LogP contribution in [0.4, 0.5) is 0 Å². The SMILES string of the molecule is CC1=C2C(O)C(=O)[C@]3(C)C(OC(OOO)P(O)O)CC4OC[C@@]4(O)C3C(OC(=O)c3ccccc3)C(O)(CC1OC(=O)[C@H](C)C(NC(=O)c1ccccc1)c1ccccc1)C2(C)C. The fourth-order valence-electron chi connectivity index (χ4n) is 10.2. The first-order chi connectivity index (χ1) is 29.8. The lowest BCUT2D eigenvalue weighted by molar-refractivity contribution is -0.522. The summed E-state index contributed by atoms with van der Waals surface area (Å²) in [7, 11) is -3.18. The summed E-state index contributed by atoms with van der Waals surface area (Å²) in [5.41, 5.74) is -7.11. The number of carbonyl (C=O) groups is 4. The van der Waals surface area contributed by atoms with Crippen molar-refractivity contribution in [3.63, 3.8) is 0 Å². The zero-order valence-electron chi connectivity index (χ0n) is 35.2. The molecule has 7 N–H and O–H groups in total. The van der Waals surface area contributed by atoms with Gasteiger partial charge in [0.05, 0.1) is 41.8 Å². The molecule has 7 rings (SSSR count). The number of esters is 2. The largest absolute Gasteiger partial charge is 0.457 e. The molecule has 18 heteroatoms. The van der Waals surface area contributed by atoms with E-state index in [1.54, 1.807) is 107 Å². The van der Waals surface area contributed by atoms with Crippen LogP contribution in [0, 0.1) is 22.7 Å². The third-order valence-corrected chi connectivity index (χ3v) is 14.4. The van der Waals surface area contributed by atoms with Crippen molar-refractivity contribution >= 4 is 32.0 Å². The van der Waals surface area contributed by atoms with Crippen LogP contribution in [0.2, 0.25) is 0 Å². The molecule has 1 heterocycles. The molecule has 3 aromatic rings. The quantitative estimate of drug-likeness (QED) is 0.0321. The van der Waals surface area contributed by atoms with Crippen LogP contribution >= 0.6 is 8.38 Å². The Labute approximate surface area is 364 Å². The highest BCUT2D eigenvalue weighted by molar-refractivity contribution is 7.45. The van der Waals surface area contributed by atoms with Crippen LogP contribution in [-0.2, 0) is 38.5 Å². The lowest BCUT2D eigenvalue weighted by atomic mass is 9.44. The first-order valence-corrected chi connectivity index (χ1v) is 21.8. The fraction of sp³-hybridized carbons (Fsp3) is 0.467. The van der Waals surface area contributed by atoms with Gasteiger partial charge in [-0.3, -0.25) is 14.4 Å². The van der Waals surface area contributed by atoms with Crippen LogP contribution in [0.25, 0.3) is 0 Å². The molecule has 0 aromatic heterocycles. The first kappa shape index (κ1) is 46.5. The Morgan fingerprint density at radius 1 is 0.889 bits per heavy atom. The molecule has 4 aliphatic rings. The van der Waals surface area contributed by atoms with Gasteiger partial charge in [0.2, 0.25) is 8.38 Å². The lowest BCUT2D eigenvalue weighted by Crippen LogP contribution is -2.81. The smallest absolute Gasteiger partial charge is 0.338 e. The summed E-state index contributed by atoms with van der Waals surface area (Å²) in [5.74, 6) is -5.94. The number of aliphatic hydroxyl groups excluding tert-OH is 1. The van der Waals surface area contributed by atoms with Crippen molar-refractivity contribution in [2.45, 2.75) is 101 Å². The molecule has 3 fully saturated rings. The molecule has 338 valence electrons. The third kappa shape index (κ3) is 8.03. The Hall–Kier alpha value is -4.49. The maximum Gasteiger partial charge on any atom is 0.338 e. The average molecular weight is 894 g/mol. The highest BCUT2D eigenvalue weighted by Gasteiger charge is 2.77. The monoisotopic (exact) mass is 893 g/mol. The van der Waals surface area contributed by atoms with Gasteiger partial charge < -0.3 is 49.4 Å². The second kappa shape index (κ2) is 17.8. The molecule has 1 saturated heterocycles. The Morgan fingerprint density at radius 3 is 2.03 bits per heavy atom. The summed E-state index contributed by atoms with van der Waals surface area (Å²) in [5, 5.41) is 54.3. The number of hydrogen-bond donors (Lipinski definition) is 7. The van der Waals surface area contributed by atoms with Crippen LogP contribution < -0.4 is 5.32 Å². The number of rotatable bonds is 13. The summed E-state index contributed by atoms with van der Waals surface area (Å²) in [4.78, 5) is 82.4. The maximum absolute atomic E-state index is 15.3. The molecule has 3 aliphatic carbocycles. The Kier molecular flexibility index (Phi) is 13.2. The van der Waals surface area contributed by atoms with Crippen LogP contribution in [0.1, 0.15) is 79.8 Å². The second-order valence-corrected chi connectivity index (χ2v) is 18.5. The molecule has 12 atom stereocenters. The van der Waals surface area contributed by atoms with Gasteiger partial charge in [-0.25, -0.2) is 10.1 Å². The highest BCUT2D eigenvalue weighted by atomic mass is 31.2. The molecular weight excluding hydrogens is 841 g/mol. The van der Waals surface area contributed by atoms with Gasteiger partial charge >= 0.3 is 11.9 Å². The number of ether oxygens (including phenoxy) is 4. The number of amides is 1. The molecule has 2 saturated carbocycles. The molecule has 63 heavy (non-hydrogen) atoms. The fourth-order valence-corrected chi connectivity index (χ4v) is 10.6. The van der Waals surface area contributed by atoms with E-state index in [4.69, 9.17) is 24.2 Å². The Morgan fingerprint density at radius 2 is 1.48 bits per heavy atom. The zero-order chi connectivity index (χ0) is 45.6. The van der Waals surface area contributed by atoms with Crippen LogP contribution in [0.5, 0.6) is 0 Å². The minimum Gasteiger partial charge on any atom is -0.457 e. The van der Waals surface area contributed by atoms with E-state index in [-0.39, 0.29) is 23.1 Å². The molecule has 1 aliphatic heterocycles. The van der Waals surface area contributed by atoms with Gasteiger partial charge in [-0.2, -0.15) is 4.89 Å². The number of fused-ring (bicyclic) bond motifs is 5. The van der Waals surface area contributed by atoms with Gasteiger partial charge in [0, 0.05) is 29.7 Å². The van der Waals surface area contributed by atoms with Crippen LogP contribution in [0.15, 0.2) is 102 Å². The molecule has 2 bridgehead atoms. The minimum absolute atomic E-state index is 0.0508. The third-order valence-electron chi connectivity index (χ3n) is 13.8. The second-order valence-electron chi connectivity index (χ2n) is 17.5. The molecule has 0 radical (unpaired) electrons. The van der Waals surface area contributed by atoms with Crippen LogP contribution in [0.3, 0.4) is 0 Å². The number of hydrogen-bond acceptors (Lipinski definition) is 16. The summed E-state index contributed by atoms with van der Waals surface area (Å²) in [6.07, 6.45) is -8.83. The summed E-state index contributed by atoms with van der Waals surface area (Å²) in [6.45, 7) is 7.12. The van der Waals surface area contributed by atoms with E-state index < -0.39 is 121 Å². The average Bonchev–Trinajstić information content (AvgIpc) is 3.26. The predicted molar refractivity (Wildman–Crippen MR) is 221 cm³/mol. The van der Waals surface area contributed by atoms with E-state index in [1.165, 1.54) is 19.1 Å². The molecule has 3 aromatic carbocycles. The van der Waals surface area contributed by atoms with E-state index in [2.05, 4.69) is 15.2 Å². The van der Waals surface area contributed by atoms with Crippen molar-refractivity contribution in [1.82, 2.24) is 5.32 Å². The topological polar surface area (TPSA) is 257 Å². The first-order valence-electron chi connectivity index (χ1n) is 20.5. The van der Waals surface area contributed by atoms with Crippen molar-refractivity contribution in [1.29, 1.82) is 0 Å². The Bertz CT molecular complexity index is 2210. The van der Waals surface area contributed by atoms with Gasteiger partial charge in [0.1, 0.15) is 29.5 Å². The number of aliphatic hydroxyl groups is 3. The van der Waals surface area contributed by atoms with Gasteiger partial charge in [-0.15, -0.1) is 0 Å². The zero-order valence-corrected chi connectivity index (χ0v) is 36.1. The van der Waals surface area contributed by atoms with Crippen molar-refractivity contribution in [3.8, 4) is 0 Å². The van der Waals surface area contributed by atoms with Crippen molar-refractivity contribution in [2.24, 2.45) is 22.7 Å². The van der Waals surface area contributed by atoms with E-state index in [0.717, 1.165) is 0 Å². The lowest BCUT2D eigenvalue weighted by Gasteiger charge is -2.67. The summed E-state index contributed by atoms with van der Waals surface area (Å²) >= 11 is 0. The number of benzene rings is 3. The van der Waals surface area contributed by atoms with E-state index in [0.29, 0.717) is 11.1 Å². The van der Waals surface area contributed by atoms with E-state index in [1.807, 2.05) is 0 Å². The van der Waals surface area contributed by atoms with Gasteiger partial charge in [-0.1, -0.05) is 85.6 Å². The maximum atomic E-state index is 15.3. The molecule has 9 unspecified atom stereocenters. The number of nitrogens with one attached hydrogen (secondary N) is 1. The summed E-state index contributed by atoms with van der Waals surface area (Å²) in [6, 6.07) is 22.0. The molecule has 1 amide bonds. The van der Waals surface area contributed by atoms with Gasteiger partial charge in [0.15, 0.2) is 5.78 Å². The van der Waals surface area contributed by atoms with Gasteiger partial charge in [0.25, 0.3) is 11.9 Å².